The van der Waals surface area contributed by atoms with E-state index < -0.39 is 12.2 Å². The molecule has 36 heavy (non-hydrogen) atoms. The Hall–Kier alpha value is -1.96. The van der Waals surface area contributed by atoms with Gasteiger partial charge in [0.25, 0.3) is 0 Å². The first-order chi connectivity index (χ1) is 17.7. The summed E-state index contributed by atoms with van der Waals surface area (Å²) in [7, 11) is 0. The molecule has 2 atom stereocenters. The number of aliphatic hydroxyl groups is 3. The largest absolute Gasteiger partial charge is 0.384 e. The van der Waals surface area contributed by atoms with E-state index in [9.17, 15) is 10.2 Å². The van der Waals surface area contributed by atoms with Crippen LogP contribution < -0.4 is 0 Å². The molecule has 0 aromatic heterocycles. The Labute approximate surface area is 222 Å². The van der Waals surface area contributed by atoms with Crippen molar-refractivity contribution in [3.8, 4) is 36.0 Å². The van der Waals surface area contributed by atoms with Crippen LogP contribution in [0.25, 0.3) is 0 Å². The average Bonchev–Trinajstić information content (AvgIpc) is 2.88. The molecule has 0 bridgehead atoms. The van der Waals surface area contributed by atoms with Gasteiger partial charge < -0.3 is 15.3 Å². The van der Waals surface area contributed by atoms with Gasteiger partial charge in [-0.1, -0.05) is 113 Å². The zero-order valence-electron chi connectivity index (χ0n) is 22.7. The van der Waals surface area contributed by atoms with Crippen LogP contribution >= 0.6 is 0 Å². The Bertz CT molecular complexity index is 692. The van der Waals surface area contributed by atoms with Gasteiger partial charge in [0, 0.05) is 0 Å². The van der Waals surface area contributed by atoms with E-state index in [0.29, 0.717) is 6.42 Å². The highest BCUT2D eigenvalue weighted by Crippen LogP contribution is 2.13. The molecular weight excluding hydrogens is 444 g/mol. The van der Waals surface area contributed by atoms with Gasteiger partial charge in [0.15, 0.2) is 0 Å². The maximum absolute atomic E-state index is 9.72. The highest BCUT2D eigenvalue weighted by molar-refractivity contribution is 5.27. The maximum Gasteiger partial charge on any atom is 0.133 e. The van der Waals surface area contributed by atoms with Crippen molar-refractivity contribution < 1.29 is 15.3 Å². The van der Waals surface area contributed by atoms with Gasteiger partial charge in [0.1, 0.15) is 18.8 Å². The molecule has 0 aliphatic carbocycles. The number of rotatable bonds is 23. The van der Waals surface area contributed by atoms with Gasteiger partial charge in [-0.2, -0.15) is 0 Å². The van der Waals surface area contributed by atoms with Crippen LogP contribution in [0.3, 0.4) is 0 Å². The van der Waals surface area contributed by atoms with E-state index in [-0.39, 0.29) is 6.61 Å². The van der Waals surface area contributed by atoms with Crippen LogP contribution in [0.2, 0.25) is 0 Å². The van der Waals surface area contributed by atoms with Crippen molar-refractivity contribution >= 4 is 0 Å². The lowest BCUT2D eigenvalue weighted by Gasteiger charge is -2.03. The predicted molar refractivity (Wildman–Crippen MR) is 154 cm³/mol. The summed E-state index contributed by atoms with van der Waals surface area (Å²) in [5.74, 6) is 12.5. The summed E-state index contributed by atoms with van der Waals surface area (Å²) in [6, 6.07) is 0. The average molecular weight is 497 g/mol. The lowest BCUT2D eigenvalue weighted by Crippen LogP contribution is -2.01. The summed E-state index contributed by atoms with van der Waals surface area (Å²) < 4.78 is 0. The molecule has 3 nitrogen and oxygen atoms in total. The highest BCUT2D eigenvalue weighted by atomic mass is 16.3. The van der Waals surface area contributed by atoms with Gasteiger partial charge in [0.2, 0.25) is 0 Å². The first kappa shape index (κ1) is 34.0. The van der Waals surface area contributed by atoms with E-state index >= 15 is 0 Å². The van der Waals surface area contributed by atoms with Crippen molar-refractivity contribution in [2.45, 2.75) is 141 Å². The molecule has 0 heterocycles. The Morgan fingerprint density at radius 3 is 1.50 bits per heavy atom. The summed E-state index contributed by atoms with van der Waals surface area (Å²) in [6.45, 7) is -0.188. The molecule has 2 unspecified atom stereocenters. The smallest absolute Gasteiger partial charge is 0.133 e. The number of hydrogen-bond donors (Lipinski definition) is 3. The summed E-state index contributed by atoms with van der Waals surface area (Å²) >= 11 is 0. The van der Waals surface area contributed by atoms with E-state index in [0.717, 1.165) is 19.3 Å². The predicted octanol–water partition coefficient (Wildman–Crippen LogP) is 7.25. The highest BCUT2D eigenvalue weighted by Gasteiger charge is 1.99. The summed E-state index contributed by atoms with van der Waals surface area (Å²) in [5, 5.41) is 27.5. The van der Waals surface area contributed by atoms with E-state index in [1.54, 1.807) is 6.08 Å². The molecule has 3 heteroatoms. The standard InChI is InChI=1S/C33H52O3/c1-2-32(35)28-24-21-19-17-15-13-11-9-7-5-3-4-6-8-10-12-14-16-18-20-22-25-29-33(36)30-26-23-27-31-34/h1,6,8,24,28,32-36H,3-5,7,9-22,25,29,31H2. The number of unbranched alkanes of at least 4 members (excludes halogenated alkanes) is 17. The second-order valence-corrected chi connectivity index (χ2v) is 9.57. The van der Waals surface area contributed by atoms with E-state index in [1.807, 2.05) is 6.08 Å². The van der Waals surface area contributed by atoms with Crippen LogP contribution in [0.4, 0.5) is 0 Å². The van der Waals surface area contributed by atoms with Crippen molar-refractivity contribution in [1.29, 1.82) is 0 Å². The lowest BCUT2D eigenvalue weighted by molar-refractivity contribution is 0.217. The molecule has 0 rings (SSSR count). The van der Waals surface area contributed by atoms with Crippen molar-refractivity contribution in [1.82, 2.24) is 0 Å². The Balaban J connectivity index is 3.26. The molecule has 0 saturated heterocycles. The van der Waals surface area contributed by atoms with Crippen LogP contribution in [0.1, 0.15) is 128 Å². The molecule has 0 saturated carbocycles. The van der Waals surface area contributed by atoms with Gasteiger partial charge in [-0.15, -0.1) is 6.42 Å². The van der Waals surface area contributed by atoms with Gasteiger partial charge in [-0.3, -0.25) is 0 Å². The Kier molecular flexibility index (Phi) is 27.7. The topological polar surface area (TPSA) is 60.7 Å². The minimum Gasteiger partial charge on any atom is -0.384 e. The van der Waals surface area contributed by atoms with Crippen LogP contribution in [-0.2, 0) is 0 Å². The fourth-order valence-corrected chi connectivity index (χ4v) is 4.04. The molecule has 0 aliphatic rings. The third-order valence-corrected chi connectivity index (χ3v) is 6.21. The summed E-state index contributed by atoms with van der Waals surface area (Å²) in [5.41, 5.74) is 0. The SMILES string of the molecule is C#CC(O)C=CCCCCCCCCCCCC=CCCCCCCCCCC(O)C#CC#CCO. The molecule has 0 amide bonds. The van der Waals surface area contributed by atoms with Crippen molar-refractivity contribution in [3.63, 3.8) is 0 Å². The minimum absolute atomic E-state index is 0.188. The Morgan fingerprint density at radius 2 is 1.03 bits per heavy atom. The second kappa shape index (κ2) is 29.3. The fraction of sp³-hybridized carbons (Fsp3) is 0.697. The lowest BCUT2D eigenvalue weighted by atomic mass is 10.0. The first-order valence-electron chi connectivity index (χ1n) is 14.4. The molecular formula is C33H52O3. The third kappa shape index (κ3) is 28.3. The molecule has 202 valence electrons. The molecule has 3 N–H and O–H groups in total. The van der Waals surface area contributed by atoms with E-state index in [4.69, 9.17) is 11.5 Å². The number of terminal acetylenes is 1. The zero-order valence-corrected chi connectivity index (χ0v) is 22.7. The van der Waals surface area contributed by atoms with Crippen LogP contribution in [0, 0.1) is 36.0 Å². The van der Waals surface area contributed by atoms with E-state index in [1.165, 1.54) is 103 Å². The van der Waals surface area contributed by atoms with Gasteiger partial charge in [0.05, 0.1) is 0 Å². The van der Waals surface area contributed by atoms with Gasteiger partial charge in [-0.25, -0.2) is 0 Å². The van der Waals surface area contributed by atoms with Crippen molar-refractivity contribution in [3.05, 3.63) is 24.3 Å². The quantitative estimate of drug-likeness (QED) is 0.0793. The molecule has 0 radical (unpaired) electrons. The zero-order chi connectivity index (χ0) is 26.4. The summed E-state index contributed by atoms with van der Waals surface area (Å²) in [4.78, 5) is 0. The van der Waals surface area contributed by atoms with Crippen LogP contribution in [0.5, 0.6) is 0 Å². The third-order valence-electron chi connectivity index (χ3n) is 6.21. The van der Waals surface area contributed by atoms with Crippen molar-refractivity contribution in [2.75, 3.05) is 6.61 Å². The Morgan fingerprint density at radius 1 is 0.583 bits per heavy atom. The van der Waals surface area contributed by atoms with Crippen molar-refractivity contribution in [2.24, 2.45) is 0 Å². The van der Waals surface area contributed by atoms with E-state index in [2.05, 4.69) is 41.8 Å². The van der Waals surface area contributed by atoms with Crippen LogP contribution in [-0.4, -0.2) is 34.1 Å². The minimum atomic E-state index is -0.724. The molecule has 0 fully saturated rings. The van der Waals surface area contributed by atoms with Gasteiger partial charge >= 0.3 is 0 Å². The number of allylic oxidation sites excluding steroid dienone is 3. The molecule has 0 aromatic rings. The van der Waals surface area contributed by atoms with Gasteiger partial charge in [-0.05, 0) is 69.3 Å². The first-order valence-corrected chi connectivity index (χ1v) is 14.4. The van der Waals surface area contributed by atoms with Crippen LogP contribution in [0.15, 0.2) is 24.3 Å². The normalized spacial score (nSPS) is 12.6. The maximum atomic E-state index is 9.72. The summed E-state index contributed by atoms with van der Waals surface area (Å²) in [6.07, 6.45) is 36.9. The second-order valence-electron chi connectivity index (χ2n) is 9.57. The monoisotopic (exact) mass is 496 g/mol. The molecule has 0 aromatic carbocycles. The number of hydrogen-bond acceptors (Lipinski definition) is 3. The molecule has 0 aliphatic heterocycles. The number of aliphatic hydroxyl groups excluding tert-OH is 3. The molecule has 0 spiro atoms. The fourth-order valence-electron chi connectivity index (χ4n) is 4.04.